The summed E-state index contributed by atoms with van der Waals surface area (Å²) in [5.41, 5.74) is 0.792. The fraction of sp³-hybridized carbons (Fsp3) is 0.364. The van der Waals surface area contributed by atoms with Crippen LogP contribution in [0.2, 0.25) is 0 Å². The molecule has 1 aromatic rings. The Kier molecular flexibility index (Phi) is 3.40. The van der Waals surface area contributed by atoms with Gasteiger partial charge in [0.2, 0.25) is 0 Å². The van der Waals surface area contributed by atoms with Gasteiger partial charge >= 0.3 is 0 Å². The van der Waals surface area contributed by atoms with Gasteiger partial charge in [0.15, 0.2) is 11.6 Å². The lowest BCUT2D eigenvalue weighted by atomic mass is 9.96. The van der Waals surface area contributed by atoms with E-state index in [1.807, 2.05) is 6.92 Å². The Morgan fingerprint density at radius 1 is 1.23 bits per heavy atom. The van der Waals surface area contributed by atoms with E-state index in [2.05, 4.69) is 6.92 Å². The van der Waals surface area contributed by atoms with Crippen molar-refractivity contribution in [3.8, 4) is 0 Å². The highest BCUT2D eigenvalue weighted by atomic mass is 19.2. The van der Waals surface area contributed by atoms with Crippen LogP contribution in [0.5, 0.6) is 0 Å². The van der Waals surface area contributed by atoms with E-state index >= 15 is 0 Å². The van der Waals surface area contributed by atoms with Gasteiger partial charge < -0.3 is 0 Å². The van der Waals surface area contributed by atoms with Crippen LogP contribution in [0, 0.1) is 17.6 Å². The first kappa shape index (κ1) is 10.2. The minimum absolute atomic E-state index is 0.770. The summed E-state index contributed by atoms with van der Waals surface area (Å²) < 4.78 is 25.4. The van der Waals surface area contributed by atoms with Gasteiger partial charge in [-0.05, 0) is 24.1 Å². The average molecular weight is 183 g/mol. The van der Waals surface area contributed by atoms with E-state index in [-0.39, 0.29) is 0 Å². The number of rotatable bonds is 3. The summed E-state index contributed by atoms with van der Waals surface area (Å²) >= 11 is 0. The second-order valence-electron chi connectivity index (χ2n) is 3.16. The van der Waals surface area contributed by atoms with Crippen LogP contribution in [-0.2, 0) is 0 Å². The average Bonchev–Trinajstić information content (AvgIpc) is 2.10. The molecule has 1 radical (unpaired) electrons. The van der Waals surface area contributed by atoms with Crippen LogP contribution < -0.4 is 0 Å². The van der Waals surface area contributed by atoms with Crippen LogP contribution >= 0.6 is 0 Å². The molecule has 0 amide bonds. The van der Waals surface area contributed by atoms with Crippen molar-refractivity contribution >= 4 is 0 Å². The molecule has 0 aliphatic heterocycles. The van der Waals surface area contributed by atoms with Gasteiger partial charge in [0.1, 0.15) is 0 Å². The van der Waals surface area contributed by atoms with Crippen molar-refractivity contribution in [2.24, 2.45) is 0 Å². The second kappa shape index (κ2) is 4.35. The normalized spacial score (nSPS) is 10.8. The summed E-state index contributed by atoms with van der Waals surface area (Å²) in [5, 5.41) is 0. The first-order chi connectivity index (χ1) is 6.15. The summed E-state index contributed by atoms with van der Waals surface area (Å²) in [6.07, 6.45) is 1.94. The third-order valence-electron chi connectivity index (χ3n) is 2.04. The highest BCUT2D eigenvalue weighted by molar-refractivity contribution is 5.30. The molecule has 0 fully saturated rings. The molecule has 0 spiro atoms. The molecular formula is C11H13F2. The van der Waals surface area contributed by atoms with E-state index in [4.69, 9.17) is 0 Å². The molecule has 2 heteroatoms. The summed E-state index contributed by atoms with van der Waals surface area (Å²) in [6, 6.07) is 4.04. The minimum Gasteiger partial charge on any atom is -0.204 e. The van der Waals surface area contributed by atoms with Gasteiger partial charge in [-0.15, -0.1) is 0 Å². The van der Waals surface area contributed by atoms with Crippen molar-refractivity contribution in [2.75, 3.05) is 0 Å². The Morgan fingerprint density at radius 2 is 1.92 bits per heavy atom. The zero-order valence-electron chi connectivity index (χ0n) is 7.90. The molecule has 0 aliphatic carbocycles. The molecule has 0 atom stereocenters. The van der Waals surface area contributed by atoms with Crippen LogP contribution in [0.3, 0.4) is 0 Å². The molecule has 1 rings (SSSR count). The quantitative estimate of drug-likeness (QED) is 0.670. The minimum atomic E-state index is -0.784. The molecule has 0 aliphatic rings. The molecule has 71 valence electrons. The summed E-state index contributed by atoms with van der Waals surface area (Å²) in [5.74, 6) is -0.456. The molecule has 0 bridgehead atoms. The third-order valence-corrected chi connectivity index (χ3v) is 2.04. The molecule has 0 unspecified atom stereocenters. The lowest BCUT2D eigenvalue weighted by Crippen LogP contribution is -1.96. The monoisotopic (exact) mass is 183 g/mol. The lowest BCUT2D eigenvalue weighted by molar-refractivity contribution is 0.507. The Balaban J connectivity index is 2.84. The predicted octanol–water partition coefficient (Wildman–Crippen LogP) is 3.71. The van der Waals surface area contributed by atoms with E-state index in [9.17, 15) is 8.78 Å². The van der Waals surface area contributed by atoms with Gasteiger partial charge in [0, 0.05) is 5.92 Å². The van der Waals surface area contributed by atoms with E-state index in [0.717, 1.165) is 24.3 Å². The number of hydrogen-bond acceptors (Lipinski definition) is 0. The van der Waals surface area contributed by atoms with Crippen molar-refractivity contribution in [3.05, 3.63) is 41.3 Å². The molecule has 0 saturated heterocycles. The third kappa shape index (κ3) is 2.51. The van der Waals surface area contributed by atoms with E-state index < -0.39 is 11.6 Å². The van der Waals surface area contributed by atoms with Crippen molar-refractivity contribution in [1.29, 1.82) is 0 Å². The van der Waals surface area contributed by atoms with Crippen LogP contribution in [0.15, 0.2) is 18.2 Å². The molecule has 13 heavy (non-hydrogen) atoms. The maximum Gasteiger partial charge on any atom is 0.159 e. The Hall–Kier alpha value is -0.920. The molecule has 0 saturated carbocycles. The van der Waals surface area contributed by atoms with Crippen molar-refractivity contribution in [1.82, 2.24) is 0 Å². The highest BCUT2D eigenvalue weighted by Gasteiger charge is 2.08. The SMILES string of the molecule is CCC[C](C)c1ccc(F)c(F)c1. The maximum absolute atomic E-state index is 12.8. The van der Waals surface area contributed by atoms with Crippen LogP contribution in [0.25, 0.3) is 0 Å². The molecule has 0 nitrogen and oxygen atoms in total. The van der Waals surface area contributed by atoms with Gasteiger partial charge in [-0.25, -0.2) is 8.78 Å². The van der Waals surface area contributed by atoms with Gasteiger partial charge in [0.05, 0.1) is 0 Å². The summed E-state index contributed by atoms with van der Waals surface area (Å²) in [7, 11) is 0. The van der Waals surface area contributed by atoms with Crippen LogP contribution in [0.4, 0.5) is 8.78 Å². The zero-order chi connectivity index (χ0) is 9.84. The zero-order valence-corrected chi connectivity index (χ0v) is 7.90. The number of benzene rings is 1. The summed E-state index contributed by atoms with van der Waals surface area (Å²) in [4.78, 5) is 0. The van der Waals surface area contributed by atoms with Gasteiger partial charge in [0.25, 0.3) is 0 Å². The highest BCUT2D eigenvalue weighted by Crippen LogP contribution is 2.20. The molecule has 0 N–H and O–H groups in total. The van der Waals surface area contributed by atoms with E-state index in [1.54, 1.807) is 6.07 Å². The standard InChI is InChI=1S/C11H13F2/c1-3-4-8(2)9-5-6-10(12)11(13)7-9/h5-7H,3-4H2,1-2H3. The van der Waals surface area contributed by atoms with E-state index in [0.29, 0.717) is 0 Å². The first-order valence-corrected chi connectivity index (χ1v) is 4.43. The van der Waals surface area contributed by atoms with Gasteiger partial charge in [-0.1, -0.05) is 26.3 Å². The topological polar surface area (TPSA) is 0 Å². The van der Waals surface area contributed by atoms with Crippen LogP contribution in [-0.4, -0.2) is 0 Å². The Bertz CT molecular complexity index is 281. The Morgan fingerprint density at radius 3 is 2.46 bits per heavy atom. The molecule has 0 heterocycles. The first-order valence-electron chi connectivity index (χ1n) is 4.43. The molecule has 0 aromatic heterocycles. The predicted molar refractivity (Wildman–Crippen MR) is 49.3 cm³/mol. The summed E-state index contributed by atoms with van der Waals surface area (Å²) in [6.45, 7) is 4.00. The smallest absolute Gasteiger partial charge is 0.159 e. The van der Waals surface area contributed by atoms with Crippen molar-refractivity contribution in [2.45, 2.75) is 26.7 Å². The van der Waals surface area contributed by atoms with Gasteiger partial charge in [-0.2, -0.15) is 0 Å². The number of hydrogen-bond donors (Lipinski definition) is 0. The van der Waals surface area contributed by atoms with Crippen molar-refractivity contribution in [3.63, 3.8) is 0 Å². The fourth-order valence-corrected chi connectivity index (χ4v) is 1.28. The largest absolute Gasteiger partial charge is 0.204 e. The maximum atomic E-state index is 12.8. The van der Waals surface area contributed by atoms with Crippen LogP contribution in [0.1, 0.15) is 32.3 Å². The molecular weight excluding hydrogens is 170 g/mol. The number of halogens is 2. The van der Waals surface area contributed by atoms with Crippen molar-refractivity contribution < 1.29 is 8.78 Å². The molecule has 1 aromatic carbocycles. The Labute approximate surface area is 77.6 Å². The van der Waals surface area contributed by atoms with Gasteiger partial charge in [-0.3, -0.25) is 0 Å². The fourth-order valence-electron chi connectivity index (χ4n) is 1.28. The second-order valence-corrected chi connectivity index (χ2v) is 3.16. The van der Waals surface area contributed by atoms with E-state index in [1.165, 1.54) is 12.1 Å². The lowest BCUT2D eigenvalue weighted by Gasteiger charge is -2.09.